The lowest BCUT2D eigenvalue weighted by atomic mass is 9.74. The summed E-state index contributed by atoms with van der Waals surface area (Å²) in [6.07, 6.45) is 5.63. The summed E-state index contributed by atoms with van der Waals surface area (Å²) in [4.78, 5) is 0. The third kappa shape index (κ3) is 2.90. The normalized spacial score (nSPS) is 31.4. The van der Waals surface area contributed by atoms with Crippen LogP contribution in [0.1, 0.15) is 38.2 Å². The zero-order valence-corrected chi connectivity index (χ0v) is 11.6. The molecule has 3 heteroatoms. The number of hydrogen-bond donors (Lipinski definition) is 1. The van der Waals surface area contributed by atoms with Crippen molar-refractivity contribution in [2.45, 2.75) is 50.7 Å². The minimum atomic E-state index is -0.0888. The Kier molecular flexibility index (Phi) is 4.23. The van der Waals surface area contributed by atoms with E-state index in [-0.39, 0.29) is 11.6 Å². The average molecular weight is 253 g/mol. The first-order valence-electron chi connectivity index (χ1n) is 6.48. The molecule has 1 heterocycles. The van der Waals surface area contributed by atoms with Crippen molar-refractivity contribution < 1.29 is 4.74 Å². The summed E-state index contributed by atoms with van der Waals surface area (Å²) < 4.78 is 5.82. The minimum absolute atomic E-state index is 0.0888. The van der Waals surface area contributed by atoms with E-state index in [9.17, 15) is 0 Å². The molecule has 0 bridgehead atoms. The first-order chi connectivity index (χ1) is 8.16. The summed E-state index contributed by atoms with van der Waals surface area (Å²) in [7, 11) is 1.82. The summed E-state index contributed by atoms with van der Waals surface area (Å²) >= 11 is 1.74. The lowest BCUT2D eigenvalue weighted by Crippen LogP contribution is -2.52. The Hall–Kier alpha value is -0.380. The van der Waals surface area contributed by atoms with Crippen LogP contribution in [0.25, 0.3) is 0 Å². The summed E-state index contributed by atoms with van der Waals surface area (Å²) in [5, 5.41) is 4.30. The highest BCUT2D eigenvalue weighted by atomic mass is 32.1. The van der Waals surface area contributed by atoms with Gasteiger partial charge in [-0.05, 0) is 60.4 Å². The van der Waals surface area contributed by atoms with Gasteiger partial charge in [-0.25, -0.2) is 0 Å². The molecule has 0 aliphatic heterocycles. The van der Waals surface area contributed by atoms with Crippen LogP contribution in [0.4, 0.5) is 0 Å². The summed E-state index contributed by atoms with van der Waals surface area (Å²) in [5.41, 5.74) is 7.67. The second-order valence-electron chi connectivity index (χ2n) is 5.39. The molecule has 1 saturated carbocycles. The Morgan fingerprint density at radius 3 is 2.76 bits per heavy atom. The Labute approximate surface area is 108 Å². The maximum atomic E-state index is 6.41. The number of ether oxygens (including phenoxy) is 1. The van der Waals surface area contributed by atoms with Crippen molar-refractivity contribution in [1.29, 1.82) is 0 Å². The van der Waals surface area contributed by atoms with E-state index in [1.165, 1.54) is 18.4 Å². The van der Waals surface area contributed by atoms with E-state index in [1.807, 2.05) is 7.11 Å². The third-order valence-corrected chi connectivity index (χ3v) is 4.97. The van der Waals surface area contributed by atoms with E-state index in [2.05, 4.69) is 23.8 Å². The van der Waals surface area contributed by atoms with E-state index < -0.39 is 0 Å². The van der Waals surface area contributed by atoms with Gasteiger partial charge in [-0.2, -0.15) is 11.3 Å². The van der Waals surface area contributed by atoms with Crippen LogP contribution in [0, 0.1) is 5.92 Å². The molecule has 1 unspecified atom stereocenters. The van der Waals surface area contributed by atoms with Gasteiger partial charge in [0.1, 0.15) is 0 Å². The van der Waals surface area contributed by atoms with Crippen LogP contribution in [-0.4, -0.2) is 18.8 Å². The SMILES string of the molecule is COC1(C(N)Cc2ccsc2)CCC(C)CC1. The number of nitrogens with two attached hydrogens (primary N) is 1. The van der Waals surface area contributed by atoms with Crippen LogP contribution >= 0.6 is 11.3 Å². The largest absolute Gasteiger partial charge is 0.377 e. The Morgan fingerprint density at radius 2 is 2.24 bits per heavy atom. The molecular formula is C14H23NOS. The molecule has 1 aliphatic carbocycles. The first kappa shape index (κ1) is 13.1. The lowest BCUT2D eigenvalue weighted by Gasteiger charge is -2.42. The molecule has 0 radical (unpaired) electrons. The van der Waals surface area contributed by atoms with Gasteiger partial charge in [0.05, 0.1) is 5.60 Å². The van der Waals surface area contributed by atoms with Crippen LogP contribution in [-0.2, 0) is 11.2 Å². The highest BCUT2D eigenvalue weighted by molar-refractivity contribution is 7.07. The maximum absolute atomic E-state index is 6.41. The van der Waals surface area contributed by atoms with E-state index in [1.54, 1.807) is 11.3 Å². The minimum Gasteiger partial charge on any atom is -0.377 e. The molecule has 0 aromatic carbocycles. The fourth-order valence-electron chi connectivity index (χ4n) is 2.83. The predicted octanol–water partition coefficient (Wildman–Crippen LogP) is 3.21. The van der Waals surface area contributed by atoms with Crippen molar-refractivity contribution in [1.82, 2.24) is 0 Å². The molecule has 0 amide bonds. The summed E-state index contributed by atoms with van der Waals surface area (Å²) in [5.74, 6) is 0.826. The fraction of sp³-hybridized carbons (Fsp3) is 0.714. The van der Waals surface area contributed by atoms with Gasteiger partial charge < -0.3 is 10.5 Å². The fourth-order valence-corrected chi connectivity index (χ4v) is 3.51. The molecule has 1 aromatic rings. The van der Waals surface area contributed by atoms with Crippen molar-refractivity contribution in [3.8, 4) is 0 Å². The smallest absolute Gasteiger partial charge is 0.0832 e. The highest BCUT2D eigenvalue weighted by Gasteiger charge is 2.39. The first-order valence-corrected chi connectivity index (χ1v) is 7.42. The quantitative estimate of drug-likeness (QED) is 0.894. The summed E-state index contributed by atoms with van der Waals surface area (Å²) in [6.45, 7) is 2.32. The molecule has 1 fully saturated rings. The van der Waals surface area contributed by atoms with Gasteiger partial charge in [-0.15, -0.1) is 0 Å². The standard InChI is InChI=1S/C14H23NOS/c1-11-3-6-14(16-2,7-4-11)13(15)9-12-5-8-17-10-12/h5,8,10-11,13H,3-4,6-7,9,15H2,1-2H3. The van der Waals surface area contributed by atoms with Crippen LogP contribution < -0.4 is 5.73 Å². The van der Waals surface area contributed by atoms with E-state index in [0.717, 1.165) is 25.2 Å². The Balaban J connectivity index is 2.02. The average Bonchev–Trinajstić information content (AvgIpc) is 2.83. The van der Waals surface area contributed by atoms with Gasteiger partial charge in [-0.3, -0.25) is 0 Å². The lowest BCUT2D eigenvalue weighted by molar-refractivity contribution is -0.0659. The third-order valence-electron chi connectivity index (χ3n) is 4.24. The Bertz CT molecular complexity index is 328. The van der Waals surface area contributed by atoms with Gasteiger partial charge in [0, 0.05) is 13.2 Å². The monoisotopic (exact) mass is 253 g/mol. The van der Waals surface area contributed by atoms with E-state index in [4.69, 9.17) is 10.5 Å². The number of thiophene rings is 1. The van der Waals surface area contributed by atoms with Gasteiger partial charge in [0.15, 0.2) is 0 Å². The molecule has 2 nitrogen and oxygen atoms in total. The van der Waals surface area contributed by atoms with Crippen LogP contribution in [0.3, 0.4) is 0 Å². The summed E-state index contributed by atoms with van der Waals surface area (Å²) in [6, 6.07) is 2.29. The molecule has 1 atom stereocenters. The second kappa shape index (κ2) is 5.51. The topological polar surface area (TPSA) is 35.2 Å². The van der Waals surface area contributed by atoms with Gasteiger partial charge in [-0.1, -0.05) is 6.92 Å². The molecule has 1 aromatic heterocycles. The molecule has 0 saturated heterocycles. The molecular weight excluding hydrogens is 230 g/mol. The van der Waals surface area contributed by atoms with Crippen molar-refractivity contribution in [2.75, 3.05) is 7.11 Å². The molecule has 96 valence electrons. The van der Waals surface area contributed by atoms with Crippen molar-refractivity contribution >= 4 is 11.3 Å². The molecule has 2 rings (SSSR count). The zero-order chi connectivity index (χ0) is 12.3. The molecule has 0 spiro atoms. The van der Waals surface area contributed by atoms with Crippen LogP contribution in [0.5, 0.6) is 0 Å². The second-order valence-corrected chi connectivity index (χ2v) is 6.17. The van der Waals surface area contributed by atoms with Crippen LogP contribution in [0.2, 0.25) is 0 Å². The van der Waals surface area contributed by atoms with Crippen molar-refractivity contribution in [2.24, 2.45) is 11.7 Å². The molecule has 17 heavy (non-hydrogen) atoms. The van der Waals surface area contributed by atoms with Crippen LogP contribution in [0.15, 0.2) is 16.8 Å². The van der Waals surface area contributed by atoms with E-state index in [0.29, 0.717) is 0 Å². The molecule has 1 aliphatic rings. The maximum Gasteiger partial charge on any atom is 0.0832 e. The van der Waals surface area contributed by atoms with Crippen molar-refractivity contribution in [3.05, 3.63) is 22.4 Å². The van der Waals surface area contributed by atoms with E-state index >= 15 is 0 Å². The zero-order valence-electron chi connectivity index (χ0n) is 10.8. The number of rotatable bonds is 4. The number of methoxy groups -OCH3 is 1. The van der Waals surface area contributed by atoms with Gasteiger partial charge in [0.25, 0.3) is 0 Å². The number of hydrogen-bond acceptors (Lipinski definition) is 3. The van der Waals surface area contributed by atoms with Crippen molar-refractivity contribution in [3.63, 3.8) is 0 Å². The predicted molar refractivity (Wildman–Crippen MR) is 73.4 cm³/mol. The Morgan fingerprint density at radius 1 is 1.53 bits per heavy atom. The highest BCUT2D eigenvalue weighted by Crippen LogP contribution is 2.37. The van der Waals surface area contributed by atoms with Gasteiger partial charge >= 0.3 is 0 Å². The molecule has 2 N–H and O–H groups in total. The van der Waals surface area contributed by atoms with Gasteiger partial charge in [0.2, 0.25) is 0 Å².